The fraction of sp³-hybridized carbons (Fsp3) is 0.625. The zero-order valence-corrected chi connectivity index (χ0v) is 12.0. The standard InChI is InChI=1S/C16H26N2O/c1-13(2)17-16(8-9-19)15-11-18(12-15)10-14-6-4-3-5-7-14/h3-7,13,15-17,19H,8-12H2,1-2H3/t16-/m0/s1. The summed E-state index contributed by atoms with van der Waals surface area (Å²) in [6.07, 6.45) is 0.863. The van der Waals surface area contributed by atoms with Gasteiger partial charge in [-0.1, -0.05) is 44.2 Å². The minimum absolute atomic E-state index is 0.277. The van der Waals surface area contributed by atoms with Crippen molar-refractivity contribution < 1.29 is 5.11 Å². The second-order valence-corrected chi connectivity index (χ2v) is 5.88. The largest absolute Gasteiger partial charge is 0.396 e. The van der Waals surface area contributed by atoms with Gasteiger partial charge < -0.3 is 10.4 Å². The van der Waals surface area contributed by atoms with Crippen LogP contribution in [0.15, 0.2) is 30.3 Å². The van der Waals surface area contributed by atoms with Crippen LogP contribution in [0.5, 0.6) is 0 Å². The fourth-order valence-corrected chi connectivity index (χ4v) is 2.86. The molecule has 0 aromatic heterocycles. The number of rotatable bonds is 7. The van der Waals surface area contributed by atoms with Gasteiger partial charge in [-0.2, -0.15) is 0 Å². The summed E-state index contributed by atoms with van der Waals surface area (Å²) < 4.78 is 0. The van der Waals surface area contributed by atoms with E-state index >= 15 is 0 Å². The van der Waals surface area contributed by atoms with Gasteiger partial charge in [-0.25, -0.2) is 0 Å². The third-order valence-corrected chi connectivity index (χ3v) is 3.79. The third kappa shape index (κ3) is 4.30. The first kappa shape index (κ1) is 14.5. The highest BCUT2D eigenvalue weighted by molar-refractivity contribution is 5.15. The van der Waals surface area contributed by atoms with E-state index in [4.69, 9.17) is 5.11 Å². The summed E-state index contributed by atoms with van der Waals surface area (Å²) >= 11 is 0. The molecule has 19 heavy (non-hydrogen) atoms. The quantitative estimate of drug-likeness (QED) is 0.787. The number of benzene rings is 1. The number of hydrogen-bond acceptors (Lipinski definition) is 3. The zero-order valence-electron chi connectivity index (χ0n) is 12.0. The maximum atomic E-state index is 9.17. The molecule has 1 aliphatic rings. The van der Waals surface area contributed by atoms with Crippen LogP contribution in [0, 0.1) is 5.92 Å². The number of aliphatic hydroxyl groups excluding tert-OH is 1. The second kappa shape index (κ2) is 7.04. The molecule has 0 saturated carbocycles. The van der Waals surface area contributed by atoms with E-state index in [9.17, 15) is 0 Å². The molecule has 1 fully saturated rings. The lowest BCUT2D eigenvalue weighted by Crippen LogP contribution is -2.56. The van der Waals surface area contributed by atoms with Gasteiger partial charge in [-0.15, -0.1) is 0 Å². The summed E-state index contributed by atoms with van der Waals surface area (Å²) in [6.45, 7) is 7.94. The Morgan fingerprint density at radius 1 is 1.26 bits per heavy atom. The smallest absolute Gasteiger partial charge is 0.0445 e. The topological polar surface area (TPSA) is 35.5 Å². The molecule has 1 heterocycles. The summed E-state index contributed by atoms with van der Waals surface area (Å²) in [5.74, 6) is 0.679. The lowest BCUT2D eigenvalue weighted by Gasteiger charge is -2.44. The van der Waals surface area contributed by atoms with E-state index in [2.05, 4.69) is 54.4 Å². The van der Waals surface area contributed by atoms with Crippen molar-refractivity contribution in [2.75, 3.05) is 19.7 Å². The summed E-state index contributed by atoms with van der Waals surface area (Å²) in [6, 6.07) is 11.6. The summed E-state index contributed by atoms with van der Waals surface area (Å²) in [5.41, 5.74) is 1.39. The monoisotopic (exact) mass is 262 g/mol. The number of nitrogens with one attached hydrogen (secondary N) is 1. The van der Waals surface area contributed by atoms with E-state index in [1.165, 1.54) is 5.56 Å². The second-order valence-electron chi connectivity index (χ2n) is 5.88. The van der Waals surface area contributed by atoms with Crippen molar-refractivity contribution in [3.05, 3.63) is 35.9 Å². The number of aliphatic hydroxyl groups is 1. The molecule has 1 aromatic carbocycles. The minimum Gasteiger partial charge on any atom is -0.396 e. The lowest BCUT2D eigenvalue weighted by molar-refractivity contribution is 0.0537. The first-order valence-corrected chi connectivity index (χ1v) is 7.32. The average Bonchev–Trinajstić information content (AvgIpc) is 2.33. The van der Waals surface area contributed by atoms with Crippen LogP contribution >= 0.6 is 0 Å². The fourth-order valence-electron chi connectivity index (χ4n) is 2.86. The SMILES string of the molecule is CC(C)N[C@@H](CCO)C1CN(Cc2ccccc2)C1. The Labute approximate surface area is 116 Å². The Bertz CT molecular complexity index is 360. The molecule has 0 aliphatic carbocycles. The Balaban J connectivity index is 1.77. The molecule has 0 radical (unpaired) electrons. The van der Waals surface area contributed by atoms with E-state index < -0.39 is 0 Å². The van der Waals surface area contributed by atoms with Crippen LogP contribution in [0.3, 0.4) is 0 Å². The molecular formula is C16H26N2O. The van der Waals surface area contributed by atoms with Gasteiger partial charge in [-0.05, 0) is 17.9 Å². The molecule has 0 amide bonds. The predicted octanol–water partition coefficient (Wildman–Crippen LogP) is 1.87. The molecule has 0 spiro atoms. The molecule has 2 rings (SSSR count). The van der Waals surface area contributed by atoms with Gasteiger partial charge in [0.15, 0.2) is 0 Å². The molecule has 0 unspecified atom stereocenters. The van der Waals surface area contributed by atoms with Gasteiger partial charge in [-0.3, -0.25) is 4.90 Å². The molecule has 2 N–H and O–H groups in total. The molecular weight excluding hydrogens is 236 g/mol. The van der Waals surface area contributed by atoms with E-state index in [1.54, 1.807) is 0 Å². The lowest BCUT2D eigenvalue weighted by atomic mass is 9.88. The molecule has 1 atom stereocenters. The van der Waals surface area contributed by atoms with Crippen molar-refractivity contribution in [2.45, 2.75) is 38.9 Å². The molecule has 1 saturated heterocycles. The van der Waals surface area contributed by atoms with Gasteiger partial charge in [0.25, 0.3) is 0 Å². The van der Waals surface area contributed by atoms with Crippen LogP contribution in [0.4, 0.5) is 0 Å². The Kier molecular flexibility index (Phi) is 5.37. The van der Waals surface area contributed by atoms with Crippen LogP contribution in [0.25, 0.3) is 0 Å². The van der Waals surface area contributed by atoms with E-state index in [0.717, 1.165) is 26.1 Å². The van der Waals surface area contributed by atoms with Crippen LogP contribution in [0.2, 0.25) is 0 Å². The van der Waals surface area contributed by atoms with Crippen molar-refractivity contribution >= 4 is 0 Å². The molecule has 3 nitrogen and oxygen atoms in total. The Morgan fingerprint density at radius 3 is 2.53 bits per heavy atom. The maximum Gasteiger partial charge on any atom is 0.0445 e. The van der Waals surface area contributed by atoms with Crippen LogP contribution in [-0.2, 0) is 6.54 Å². The van der Waals surface area contributed by atoms with Crippen molar-refractivity contribution in [3.8, 4) is 0 Å². The van der Waals surface area contributed by atoms with Crippen molar-refractivity contribution in [1.82, 2.24) is 10.2 Å². The van der Waals surface area contributed by atoms with E-state index in [-0.39, 0.29) is 6.61 Å². The number of nitrogens with zero attached hydrogens (tertiary/aromatic N) is 1. The number of hydrogen-bond donors (Lipinski definition) is 2. The highest BCUT2D eigenvalue weighted by Crippen LogP contribution is 2.23. The van der Waals surface area contributed by atoms with Gasteiger partial charge >= 0.3 is 0 Å². The molecule has 1 aliphatic heterocycles. The van der Waals surface area contributed by atoms with Crippen LogP contribution in [0.1, 0.15) is 25.8 Å². The van der Waals surface area contributed by atoms with Crippen molar-refractivity contribution in [2.24, 2.45) is 5.92 Å². The minimum atomic E-state index is 0.277. The van der Waals surface area contributed by atoms with Gasteiger partial charge in [0.1, 0.15) is 0 Å². The molecule has 106 valence electrons. The van der Waals surface area contributed by atoms with E-state index in [1.807, 2.05) is 0 Å². The third-order valence-electron chi connectivity index (χ3n) is 3.79. The maximum absolute atomic E-state index is 9.17. The summed E-state index contributed by atoms with van der Waals surface area (Å²) in [4.78, 5) is 2.48. The van der Waals surface area contributed by atoms with Crippen LogP contribution < -0.4 is 5.32 Å². The van der Waals surface area contributed by atoms with Crippen molar-refractivity contribution in [3.63, 3.8) is 0 Å². The first-order valence-electron chi connectivity index (χ1n) is 7.32. The average molecular weight is 262 g/mol. The van der Waals surface area contributed by atoms with Gasteiger partial charge in [0.05, 0.1) is 0 Å². The molecule has 1 aromatic rings. The summed E-state index contributed by atoms with van der Waals surface area (Å²) in [5, 5.41) is 12.7. The normalized spacial score (nSPS) is 18.5. The van der Waals surface area contributed by atoms with Crippen molar-refractivity contribution in [1.29, 1.82) is 0 Å². The first-order chi connectivity index (χ1) is 9.19. The highest BCUT2D eigenvalue weighted by atomic mass is 16.3. The van der Waals surface area contributed by atoms with Crippen LogP contribution in [-0.4, -0.2) is 41.8 Å². The molecule has 0 bridgehead atoms. The summed E-state index contributed by atoms with van der Waals surface area (Å²) in [7, 11) is 0. The Hall–Kier alpha value is -0.900. The zero-order chi connectivity index (χ0) is 13.7. The highest BCUT2D eigenvalue weighted by Gasteiger charge is 2.32. The van der Waals surface area contributed by atoms with Gasteiger partial charge in [0, 0.05) is 38.3 Å². The van der Waals surface area contributed by atoms with Gasteiger partial charge in [0.2, 0.25) is 0 Å². The Morgan fingerprint density at radius 2 is 1.95 bits per heavy atom. The predicted molar refractivity (Wildman–Crippen MR) is 79.0 cm³/mol. The van der Waals surface area contributed by atoms with E-state index in [0.29, 0.717) is 18.0 Å². The number of likely N-dealkylation sites (tertiary alicyclic amines) is 1. The molecule has 3 heteroatoms.